The van der Waals surface area contributed by atoms with E-state index in [9.17, 15) is 0 Å². The quantitative estimate of drug-likeness (QED) is 0.0599. The maximum Gasteiger partial charge on any atom is 0.0541 e. The monoisotopic (exact) mass is 789 g/mol. The molecule has 0 aromatic carbocycles. The topological polar surface area (TPSA) is 24.9 Å². The molecular formula is C56H88N2. The standard InChI is InChI=1S/C56H88N2/c1-46(2)23-14-24-47(3)25-15-26-48(4)27-16-28-49(5)29-17-30-50(6)31-18-32-51(7)33-19-34-52(8)35-20-36-53(9)37-21-38-54(10)39-22-40-55(11)42-44-57-45-56-41-12-13-43-58-56/h12-13,23,25,27,29,31,33,35,37,39,41-43,57H,14-22,24,26,28,30,32,34,36,38,40,44-45H2,1-11H3/b47-25+,48-27+,49-29+,50-31+,51-33+,52-35+,53-37+,54-39+,55-42+. The number of pyridine rings is 1. The molecule has 58 heavy (non-hydrogen) atoms. The fraction of sp³-hybridized carbons (Fsp3) is 0.554. The predicted octanol–water partition coefficient (Wildman–Crippen LogP) is 17.7. The van der Waals surface area contributed by atoms with Gasteiger partial charge in [0.1, 0.15) is 0 Å². The van der Waals surface area contributed by atoms with Gasteiger partial charge < -0.3 is 5.32 Å². The van der Waals surface area contributed by atoms with Crippen LogP contribution in [0.5, 0.6) is 0 Å². The molecule has 0 radical (unpaired) electrons. The van der Waals surface area contributed by atoms with Gasteiger partial charge in [0, 0.05) is 19.3 Å². The molecule has 1 aromatic rings. The summed E-state index contributed by atoms with van der Waals surface area (Å²) >= 11 is 0. The Labute approximate surface area is 360 Å². The SMILES string of the molecule is CC(C)=CCC/C(C)=C/CC/C(C)=C/CC/C(C)=C/CC/C(C)=C/CC/C(C)=C/CC/C(C)=C/CC/C(C)=C/CC/C(C)=C/CC/C(C)=C/CNCc1ccccn1. The summed E-state index contributed by atoms with van der Waals surface area (Å²) in [5.74, 6) is 0. The van der Waals surface area contributed by atoms with Gasteiger partial charge in [-0.3, -0.25) is 4.98 Å². The molecule has 0 fully saturated rings. The van der Waals surface area contributed by atoms with Crippen molar-refractivity contribution in [3.05, 3.63) is 147 Å². The van der Waals surface area contributed by atoms with Crippen LogP contribution in [0.2, 0.25) is 0 Å². The zero-order chi connectivity index (χ0) is 42.8. The van der Waals surface area contributed by atoms with Gasteiger partial charge >= 0.3 is 0 Å². The zero-order valence-corrected chi connectivity index (χ0v) is 39.7. The molecule has 1 heterocycles. The van der Waals surface area contributed by atoms with E-state index in [1.54, 1.807) is 0 Å². The van der Waals surface area contributed by atoms with E-state index in [1.807, 2.05) is 18.3 Å². The third kappa shape index (κ3) is 32.5. The maximum absolute atomic E-state index is 4.37. The Balaban J connectivity index is 2.20. The van der Waals surface area contributed by atoms with E-state index in [0.717, 1.165) is 76.6 Å². The molecule has 1 aromatic heterocycles. The van der Waals surface area contributed by atoms with Crippen LogP contribution in [0.25, 0.3) is 0 Å². The van der Waals surface area contributed by atoms with Crippen LogP contribution in [0.3, 0.4) is 0 Å². The van der Waals surface area contributed by atoms with Crippen molar-refractivity contribution in [1.82, 2.24) is 10.3 Å². The second kappa shape index (κ2) is 34.4. The van der Waals surface area contributed by atoms with Crippen LogP contribution in [0.1, 0.15) is 197 Å². The molecule has 1 rings (SSSR count). The Morgan fingerprint density at radius 2 is 0.655 bits per heavy atom. The number of hydrogen-bond acceptors (Lipinski definition) is 2. The highest BCUT2D eigenvalue weighted by Crippen LogP contribution is 2.18. The van der Waals surface area contributed by atoms with Crippen molar-refractivity contribution in [2.45, 2.75) is 198 Å². The molecule has 0 saturated heterocycles. The molecule has 0 aliphatic rings. The lowest BCUT2D eigenvalue weighted by atomic mass is 10.0. The first-order valence-electron chi connectivity index (χ1n) is 23.0. The van der Waals surface area contributed by atoms with Crippen molar-refractivity contribution >= 4 is 0 Å². The van der Waals surface area contributed by atoms with Gasteiger partial charge in [0.25, 0.3) is 0 Å². The number of allylic oxidation sites excluding steroid dienone is 19. The minimum atomic E-state index is 0.817. The third-order valence-electron chi connectivity index (χ3n) is 11.0. The lowest BCUT2D eigenvalue weighted by Gasteiger charge is -2.04. The van der Waals surface area contributed by atoms with Crippen molar-refractivity contribution in [2.24, 2.45) is 0 Å². The minimum Gasteiger partial charge on any atom is -0.308 e. The van der Waals surface area contributed by atoms with Gasteiger partial charge in [0.15, 0.2) is 0 Å². The summed E-state index contributed by atoms with van der Waals surface area (Å²) in [6.45, 7) is 26.7. The molecule has 2 heteroatoms. The number of nitrogens with zero attached hydrogens (tertiary/aromatic N) is 1. The molecule has 1 N–H and O–H groups in total. The van der Waals surface area contributed by atoms with Crippen LogP contribution in [-0.2, 0) is 6.54 Å². The Morgan fingerprint density at radius 3 is 0.914 bits per heavy atom. The molecule has 322 valence electrons. The summed E-state index contributed by atoms with van der Waals surface area (Å²) in [7, 11) is 0. The lowest BCUT2D eigenvalue weighted by molar-refractivity contribution is 0.735. The molecule has 0 atom stereocenters. The molecule has 2 nitrogen and oxygen atoms in total. The number of nitrogens with one attached hydrogen (secondary N) is 1. The largest absolute Gasteiger partial charge is 0.308 e. The highest BCUT2D eigenvalue weighted by atomic mass is 14.9. The maximum atomic E-state index is 4.37. The van der Waals surface area contributed by atoms with Crippen molar-refractivity contribution in [2.75, 3.05) is 6.54 Å². The van der Waals surface area contributed by atoms with E-state index in [2.05, 4.69) is 153 Å². The van der Waals surface area contributed by atoms with Crippen molar-refractivity contribution in [3.63, 3.8) is 0 Å². The van der Waals surface area contributed by atoms with E-state index in [1.165, 1.54) is 114 Å². The average Bonchev–Trinajstić information content (AvgIpc) is 3.17. The van der Waals surface area contributed by atoms with E-state index < -0.39 is 0 Å². The first-order valence-corrected chi connectivity index (χ1v) is 23.0. The van der Waals surface area contributed by atoms with Crippen molar-refractivity contribution in [1.29, 1.82) is 0 Å². The fourth-order valence-electron chi connectivity index (χ4n) is 6.83. The van der Waals surface area contributed by atoms with Crippen LogP contribution in [0.4, 0.5) is 0 Å². The van der Waals surface area contributed by atoms with Crippen LogP contribution in [0, 0.1) is 0 Å². The second-order valence-electron chi connectivity index (χ2n) is 17.5. The highest BCUT2D eigenvalue weighted by Gasteiger charge is 1.98. The first kappa shape index (κ1) is 52.5. The Hall–Kier alpha value is -3.49. The smallest absolute Gasteiger partial charge is 0.0541 e. The Kier molecular flexibility index (Phi) is 31.1. The van der Waals surface area contributed by atoms with Gasteiger partial charge in [-0.05, 0) is 204 Å². The summed E-state index contributed by atoms with van der Waals surface area (Å²) in [6, 6.07) is 6.06. The normalized spacial score (nSPS) is 14.4. The lowest BCUT2D eigenvalue weighted by Crippen LogP contribution is -2.14. The molecule has 0 bridgehead atoms. The summed E-state index contributed by atoms with van der Waals surface area (Å²) < 4.78 is 0. The number of hydrogen-bond donors (Lipinski definition) is 1. The summed E-state index contributed by atoms with van der Waals surface area (Å²) in [5, 5.41) is 3.46. The van der Waals surface area contributed by atoms with Crippen molar-refractivity contribution < 1.29 is 0 Å². The van der Waals surface area contributed by atoms with Gasteiger partial charge in [0.05, 0.1) is 5.69 Å². The summed E-state index contributed by atoms with van der Waals surface area (Å²) in [5.41, 5.74) is 16.2. The van der Waals surface area contributed by atoms with E-state index >= 15 is 0 Å². The first-order chi connectivity index (χ1) is 27.8. The molecule has 0 saturated carbocycles. The van der Waals surface area contributed by atoms with E-state index in [0.29, 0.717) is 0 Å². The van der Waals surface area contributed by atoms with Crippen LogP contribution >= 0.6 is 0 Å². The third-order valence-corrected chi connectivity index (χ3v) is 11.0. The van der Waals surface area contributed by atoms with Gasteiger partial charge in [0.2, 0.25) is 0 Å². The fourth-order valence-corrected chi connectivity index (χ4v) is 6.83. The molecule has 0 aliphatic carbocycles. The van der Waals surface area contributed by atoms with Gasteiger partial charge in [-0.2, -0.15) is 0 Å². The number of aromatic nitrogens is 1. The summed E-state index contributed by atoms with van der Waals surface area (Å²) in [6.07, 6.45) is 47.1. The van der Waals surface area contributed by atoms with E-state index in [-0.39, 0.29) is 0 Å². The van der Waals surface area contributed by atoms with Crippen molar-refractivity contribution in [3.8, 4) is 0 Å². The average molecular weight is 789 g/mol. The van der Waals surface area contributed by atoms with Crippen LogP contribution in [-0.4, -0.2) is 11.5 Å². The van der Waals surface area contributed by atoms with Gasteiger partial charge in [-0.1, -0.05) is 123 Å². The molecule has 0 aliphatic heterocycles. The Bertz CT molecular complexity index is 1570. The zero-order valence-electron chi connectivity index (χ0n) is 39.7. The second-order valence-corrected chi connectivity index (χ2v) is 17.5. The molecule has 0 unspecified atom stereocenters. The molecule has 0 spiro atoms. The van der Waals surface area contributed by atoms with Gasteiger partial charge in [-0.25, -0.2) is 0 Å². The van der Waals surface area contributed by atoms with Crippen LogP contribution in [0.15, 0.2) is 141 Å². The highest BCUT2D eigenvalue weighted by molar-refractivity contribution is 5.11. The predicted molar refractivity (Wildman–Crippen MR) is 262 cm³/mol. The number of rotatable bonds is 31. The summed E-state index contributed by atoms with van der Waals surface area (Å²) in [4.78, 5) is 4.37. The van der Waals surface area contributed by atoms with Gasteiger partial charge in [-0.15, -0.1) is 0 Å². The minimum absolute atomic E-state index is 0.817. The Morgan fingerprint density at radius 1 is 0.379 bits per heavy atom. The van der Waals surface area contributed by atoms with E-state index in [4.69, 9.17) is 0 Å². The van der Waals surface area contributed by atoms with Crippen LogP contribution < -0.4 is 5.32 Å². The molecule has 0 amide bonds. The molecular weight excluding hydrogens is 701 g/mol.